The maximum atomic E-state index is 13.0. The van der Waals surface area contributed by atoms with Crippen LogP contribution in [0.1, 0.15) is 20.8 Å². The SMILES string of the molecule is NC(=O)c1cc(NC(=O)c2cc(OC(F)(F)F)ccc2Oc2ccc(OC(F)(F)F)cc2OC(O)(O)O)ccn1. The quantitative estimate of drug-likeness (QED) is 0.187. The fourth-order valence-corrected chi connectivity index (χ4v) is 2.93. The number of anilines is 1. The molecule has 1 heterocycles. The highest BCUT2D eigenvalue weighted by atomic mass is 19.4. The molecule has 3 aromatic rings. The number of benzene rings is 2. The van der Waals surface area contributed by atoms with Gasteiger partial charge in [0, 0.05) is 18.0 Å². The van der Waals surface area contributed by atoms with Gasteiger partial charge >= 0.3 is 18.9 Å². The van der Waals surface area contributed by atoms with Gasteiger partial charge in [0.2, 0.25) is 0 Å². The van der Waals surface area contributed by atoms with E-state index in [9.17, 15) is 35.9 Å². The van der Waals surface area contributed by atoms with Gasteiger partial charge < -0.3 is 45.3 Å². The van der Waals surface area contributed by atoms with Crippen LogP contribution in [-0.2, 0) is 0 Å². The number of primary amides is 1. The molecular formula is C22H15F6N3O9. The normalized spacial score (nSPS) is 11.9. The molecule has 0 aliphatic rings. The number of alkyl halides is 6. The highest BCUT2D eigenvalue weighted by molar-refractivity contribution is 6.07. The highest BCUT2D eigenvalue weighted by Crippen LogP contribution is 2.39. The van der Waals surface area contributed by atoms with Crippen LogP contribution >= 0.6 is 0 Å². The molecule has 0 spiro atoms. The first-order valence-electron chi connectivity index (χ1n) is 10.3. The van der Waals surface area contributed by atoms with Crippen LogP contribution in [0.2, 0.25) is 0 Å². The van der Waals surface area contributed by atoms with Gasteiger partial charge in [-0.2, -0.15) is 0 Å². The van der Waals surface area contributed by atoms with Crippen molar-refractivity contribution in [2.24, 2.45) is 5.73 Å². The number of rotatable bonds is 9. The molecule has 2 aromatic carbocycles. The van der Waals surface area contributed by atoms with Gasteiger partial charge in [0.25, 0.3) is 11.8 Å². The van der Waals surface area contributed by atoms with Crippen LogP contribution in [0.15, 0.2) is 54.7 Å². The van der Waals surface area contributed by atoms with Gasteiger partial charge in [0.1, 0.15) is 22.9 Å². The third kappa shape index (κ3) is 8.89. The molecule has 0 fully saturated rings. The summed E-state index contributed by atoms with van der Waals surface area (Å²) in [5.41, 5.74) is 4.11. The average Bonchev–Trinajstić information content (AvgIpc) is 2.78. The lowest BCUT2D eigenvalue weighted by Gasteiger charge is -2.20. The van der Waals surface area contributed by atoms with E-state index >= 15 is 0 Å². The van der Waals surface area contributed by atoms with Crippen molar-refractivity contribution in [1.82, 2.24) is 4.98 Å². The van der Waals surface area contributed by atoms with Crippen molar-refractivity contribution in [2.45, 2.75) is 18.9 Å². The monoisotopic (exact) mass is 579 g/mol. The lowest BCUT2D eigenvalue weighted by molar-refractivity contribution is -0.419. The molecule has 0 saturated carbocycles. The molecule has 0 atom stereocenters. The number of carbonyl (C=O) groups excluding carboxylic acids is 2. The zero-order valence-corrected chi connectivity index (χ0v) is 19.3. The third-order valence-corrected chi connectivity index (χ3v) is 4.32. The summed E-state index contributed by atoms with van der Waals surface area (Å²) in [6.45, 7) is 0. The minimum Gasteiger partial charge on any atom is -0.453 e. The Kier molecular flexibility index (Phi) is 8.27. The maximum absolute atomic E-state index is 13.0. The van der Waals surface area contributed by atoms with Crippen molar-refractivity contribution in [2.75, 3.05) is 5.32 Å². The minimum absolute atomic E-state index is 0.0785. The van der Waals surface area contributed by atoms with E-state index in [1.165, 1.54) is 6.07 Å². The first-order chi connectivity index (χ1) is 18.4. The molecule has 2 amide bonds. The second kappa shape index (κ2) is 11.1. The number of nitrogens with zero attached hydrogens (tertiary/aromatic N) is 1. The highest BCUT2D eigenvalue weighted by Gasteiger charge is 2.33. The standard InChI is InChI=1S/C22H15F6N3O9/c23-20(24,25)38-11-1-3-15(13(8-11)19(33)31-10-5-6-30-14(7-10)18(29)32)37-16-4-2-12(39-21(26,27)28)9-17(16)40-22(34,35)36/h1-9,34-36H,(H2,29,32)(H,30,31,33). The number of nitrogens with one attached hydrogen (secondary N) is 1. The van der Waals surface area contributed by atoms with Gasteiger partial charge in [-0.15, -0.1) is 26.3 Å². The Bertz CT molecular complexity index is 1410. The smallest absolute Gasteiger partial charge is 0.453 e. The number of ether oxygens (including phenoxy) is 4. The average molecular weight is 579 g/mol. The van der Waals surface area contributed by atoms with Crippen LogP contribution < -0.4 is 30.0 Å². The largest absolute Gasteiger partial charge is 0.573 e. The number of hydrogen-bond acceptors (Lipinski definition) is 10. The molecule has 18 heteroatoms. The number of amides is 2. The predicted octanol–water partition coefficient (Wildman–Crippen LogP) is 2.99. The Labute approximate surface area is 218 Å². The molecule has 6 N–H and O–H groups in total. The summed E-state index contributed by atoms with van der Waals surface area (Å²) in [6, 6.07) is 6.17. The lowest BCUT2D eigenvalue weighted by atomic mass is 10.1. The first-order valence-corrected chi connectivity index (χ1v) is 10.3. The van der Waals surface area contributed by atoms with Gasteiger partial charge in [-0.25, -0.2) is 0 Å². The Morgan fingerprint density at radius 2 is 1.35 bits per heavy atom. The van der Waals surface area contributed by atoms with Gasteiger partial charge in [-0.3, -0.25) is 14.6 Å². The van der Waals surface area contributed by atoms with Crippen LogP contribution in [0.5, 0.6) is 28.7 Å². The fraction of sp³-hybridized carbons (Fsp3) is 0.136. The van der Waals surface area contributed by atoms with Crippen LogP contribution in [0.25, 0.3) is 0 Å². The van der Waals surface area contributed by atoms with E-state index in [4.69, 9.17) is 25.8 Å². The molecule has 214 valence electrons. The van der Waals surface area contributed by atoms with Crippen LogP contribution in [0.4, 0.5) is 32.0 Å². The Morgan fingerprint density at radius 3 is 1.90 bits per heavy atom. The molecule has 0 unspecified atom stereocenters. The molecule has 3 rings (SSSR count). The second-order valence-corrected chi connectivity index (χ2v) is 7.39. The van der Waals surface area contributed by atoms with E-state index in [0.29, 0.717) is 24.3 Å². The summed E-state index contributed by atoms with van der Waals surface area (Å²) in [6.07, 6.45) is -13.2. The maximum Gasteiger partial charge on any atom is 0.573 e. The Balaban J connectivity index is 2.04. The second-order valence-electron chi connectivity index (χ2n) is 7.39. The van der Waals surface area contributed by atoms with Crippen LogP contribution in [-0.4, -0.2) is 51.0 Å². The molecule has 0 aliphatic heterocycles. The number of pyridine rings is 1. The summed E-state index contributed by atoms with van der Waals surface area (Å²) < 4.78 is 93.3. The number of aliphatic hydroxyl groups is 3. The van der Waals surface area contributed by atoms with E-state index in [1.807, 2.05) is 0 Å². The van der Waals surface area contributed by atoms with Crippen LogP contribution in [0.3, 0.4) is 0 Å². The van der Waals surface area contributed by atoms with E-state index in [1.54, 1.807) is 0 Å². The topological polar surface area (TPSA) is 183 Å². The van der Waals surface area contributed by atoms with Crippen LogP contribution in [0, 0.1) is 0 Å². The molecular weight excluding hydrogens is 564 g/mol. The van der Waals surface area contributed by atoms with Crippen molar-refractivity contribution in [3.05, 3.63) is 66.0 Å². The predicted molar refractivity (Wildman–Crippen MR) is 117 cm³/mol. The summed E-state index contributed by atoms with van der Waals surface area (Å²) in [5, 5.41) is 29.7. The number of nitrogens with two attached hydrogens (primary N) is 1. The molecule has 0 saturated heterocycles. The minimum atomic E-state index is -5.19. The van der Waals surface area contributed by atoms with Crippen molar-refractivity contribution in [3.63, 3.8) is 0 Å². The summed E-state index contributed by atoms with van der Waals surface area (Å²) in [7, 11) is 0. The van der Waals surface area contributed by atoms with E-state index in [2.05, 4.69) is 24.5 Å². The molecule has 1 aromatic heterocycles. The van der Waals surface area contributed by atoms with Gasteiger partial charge in [0.15, 0.2) is 11.5 Å². The number of halogens is 6. The number of aromatic nitrogens is 1. The fourth-order valence-electron chi connectivity index (χ4n) is 2.93. The van der Waals surface area contributed by atoms with Gasteiger partial charge in [-0.05, 0) is 42.5 Å². The first kappa shape index (κ1) is 29.7. The molecule has 0 bridgehead atoms. The van der Waals surface area contributed by atoms with Crippen molar-refractivity contribution in [1.29, 1.82) is 0 Å². The Hall–Kier alpha value is -4.81. The molecule has 40 heavy (non-hydrogen) atoms. The number of carbonyl (C=O) groups is 2. The summed E-state index contributed by atoms with van der Waals surface area (Å²) >= 11 is 0. The summed E-state index contributed by atoms with van der Waals surface area (Å²) in [5.74, 6) is -6.17. The molecule has 0 aliphatic carbocycles. The van der Waals surface area contributed by atoms with Gasteiger partial charge in [-0.1, -0.05) is 0 Å². The number of hydrogen-bond donors (Lipinski definition) is 5. The third-order valence-electron chi connectivity index (χ3n) is 4.32. The lowest BCUT2D eigenvalue weighted by Crippen LogP contribution is -2.34. The van der Waals surface area contributed by atoms with E-state index < -0.39 is 65.0 Å². The molecule has 12 nitrogen and oxygen atoms in total. The zero-order chi connectivity index (χ0) is 29.9. The van der Waals surface area contributed by atoms with Crippen molar-refractivity contribution >= 4 is 17.5 Å². The zero-order valence-electron chi connectivity index (χ0n) is 19.3. The van der Waals surface area contributed by atoms with E-state index in [-0.39, 0.29) is 11.4 Å². The molecule has 0 radical (unpaired) electrons. The van der Waals surface area contributed by atoms with Gasteiger partial charge in [0.05, 0.1) is 5.56 Å². The van der Waals surface area contributed by atoms with E-state index in [0.717, 1.165) is 24.4 Å². The summed E-state index contributed by atoms with van der Waals surface area (Å²) in [4.78, 5) is 28.0. The Morgan fingerprint density at radius 1 is 0.775 bits per heavy atom. The van der Waals surface area contributed by atoms with Crippen molar-refractivity contribution in [3.8, 4) is 28.7 Å². The van der Waals surface area contributed by atoms with Crippen molar-refractivity contribution < 1.29 is 70.2 Å².